The average Bonchev–Trinajstić information content (AvgIpc) is 3.21. The molecule has 0 spiro atoms. The van der Waals surface area contributed by atoms with Crippen molar-refractivity contribution in [1.29, 1.82) is 0 Å². The Labute approximate surface area is 170 Å². The van der Waals surface area contributed by atoms with E-state index in [9.17, 15) is 9.59 Å². The Balaban J connectivity index is 1.56. The molecule has 0 aromatic carbocycles. The highest BCUT2D eigenvalue weighted by Gasteiger charge is 2.31. The van der Waals surface area contributed by atoms with Crippen LogP contribution >= 0.6 is 0 Å². The van der Waals surface area contributed by atoms with E-state index in [1.54, 1.807) is 11.9 Å². The number of nitrogens with one attached hydrogen (secondary N) is 1. The van der Waals surface area contributed by atoms with Gasteiger partial charge in [0.15, 0.2) is 0 Å². The van der Waals surface area contributed by atoms with Crippen molar-refractivity contribution in [3.8, 4) is 0 Å². The second-order valence-electron chi connectivity index (χ2n) is 8.38. The van der Waals surface area contributed by atoms with Gasteiger partial charge in [-0.15, -0.1) is 0 Å². The number of carbonyl (C=O) groups excluding carboxylic acids is 2. The predicted molar refractivity (Wildman–Crippen MR) is 109 cm³/mol. The van der Waals surface area contributed by atoms with Crippen molar-refractivity contribution in [2.45, 2.75) is 58.3 Å². The Kier molecular flexibility index (Phi) is 5.10. The summed E-state index contributed by atoms with van der Waals surface area (Å²) in [5.41, 5.74) is 3.41. The highest BCUT2D eigenvalue weighted by Crippen LogP contribution is 2.31. The lowest BCUT2D eigenvalue weighted by molar-refractivity contribution is -0.118. The summed E-state index contributed by atoms with van der Waals surface area (Å²) in [6.07, 6.45) is 3.02. The maximum atomic E-state index is 13.0. The molecule has 1 saturated heterocycles. The van der Waals surface area contributed by atoms with Crippen LogP contribution in [0.25, 0.3) is 0 Å². The third kappa shape index (κ3) is 3.63. The van der Waals surface area contributed by atoms with E-state index in [-0.39, 0.29) is 17.7 Å². The van der Waals surface area contributed by atoms with E-state index in [1.165, 1.54) is 0 Å². The van der Waals surface area contributed by atoms with Crippen LogP contribution in [0.3, 0.4) is 0 Å². The summed E-state index contributed by atoms with van der Waals surface area (Å²) in [5, 5.41) is 7.17. The van der Waals surface area contributed by atoms with Crippen LogP contribution in [0.2, 0.25) is 0 Å². The third-order valence-corrected chi connectivity index (χ3v) is 6.00. The summed E-state index contributed by atoms with van der Waals surface area (Å²) in [7, 11) is 1.77. The van der Waals surface area contributed by atoms with Gasteiger partial charge in [0.05, 0.1) is 0 Å². The van der Waals surface area contributed by atoms with Gasteiger partial charge in [-0.1, -0.05) is 13.8 Å². The summed E-state index contributed by atoms with van der Waals surface area (Å²) < 4.78 is 0. The molecule has 2 aromatic rings. The van der Waals surface area contributed by atoms with Crippen molar-refractivity contribution >= 4 is 17.6 Å². The van der Waals surface area contributed by atoms with Crippen molar-refractivity contribution in [3.05, 3.63) is 34.5 Å². The van der Waals surface area contributed by atoms with Gasteiger partial charge in [-0.3, -0.25) is 19.6 Å². The molecule has 1 fully saturated rings. The van der Waals surface area contributed by atoms with Crippen LogP contribution in [-0.2, 0) is 11.2 Å². The van der Waals surface area contributed by atoms with Crippen LogP contribution in [0.5, 0.6) is 0 Å². The van der Waals surface area contributed by atoms with Crippen molar-refractivity contribution in [1.82, 2.24) is 25.1 Å². The van der Waals surface area contributed by atoms with Gasteiger partial charge in [-0.05, 0) is 38.2 Å². The number of hydrogen-bond donors (Lipinski definition) is 1. The zero-order valence-corrected chi connectivity index (χ0v) is 17.5. The first-order chi connectivity index (χ1) is 13.8. The summed E-state index contributed by atoms with van der Waals surface area (Å²) >= 11 is 0. The molecule has 29 heavy (non-hydrogen) atoms. The SMILES string of the molecule is Cc1nc([C@H]2CCCN(C(=O)c3cc(C(C)C)[nH]n3)C2)nc2c1CCC(=O)N2C. The lowest BCUT2D eigenvalue weighted by atomic mass is 9.95. The van der Waals surface area contributed by atoms with Gasteiger partial charge in [-0.25, -0.2) is 9.97 Å². The molecule has 8 nitrogen and oxygen atoms in total. The third-order valence-electron chi connectivity index (χ3n) is 6.00. The second-order valence-corrected chi connectivity index (χ2v) is 8.38. The number of likely N-dealkylation sites (tertiary alicyclic amines) is 1. The molecule has 2 aliphatic rings. The molecule has 2 aliphatic heterocycles. The van der Waals surface area contributed by atoms with E-state index in [2.05, 4.69) is 24.0 Å². The molecule has 0 unspecified atom stereocenters. The van der Waals surface area contributed by atoms with Gasteiger partial charge in [-0.2, -0.15) is 5.10 Å². The largest absolute Gasteiger partial charge is 0.337 e. The number of anilines is 1. The molecule has 154 valence electrons. The molecule has 4 heterocycles. The summed E-state index contributed by atoms with van der Waals surface area (Å²) in [5.74, 6) is 1.84. The van der Waals surface area contributed by atoms with Gasteiger partial charge in [0.1, 0.15) is 17.3 Å². The van der Waals surface area contributed by atoms with E-state index in [0.29, 0.717) is 37.5 Å². The highest BCUT2D eigenvalue weighted by molar-refractivity contribution is 5.95. The van der Waals surface area contributed by atoms with Crippen molar-refractivity contribution in [2.24, 2.45) is 0 Å². The van der Waals surface area contributed by atoms with E-state index in [4.69, 9.17) is 9.97 Å². The number of carbonyl (C=O) groups is 2. The number of piperidine rings is 1. The Morgan fingerprint density at radius 2 is 2.07 bits per heavy atom. The minimum atomic E-state index is -0.0557. The molecular formula is C21H28N6O2. The molecule has 0 bridgehead atoms. The number of hydrogen-bond acceptors (Lipinski definition) is 5. The Bertz CT molecular complexity index is 951. The van der Waals surface area contributed by atoms with Crippen LogP contribution in [0.4, 0.5) is 5.82 Å². The van der Waals surface area contributed by atoms with Crippen LogP contribution in [0.15, 0.2) is 6.07 Å². The summed E-state index contributed by atoms with van der Waals surface area (Å²) in [6, 6.07) is 1.84. The monoisotopic (exact) mass is 396 g/mol. The molecule has 2 aromatic heterocycles. The Hall–Kier alpha value is -2.77. The number of aromatic amines is 1. The first kappa shape index (κ1) is 19.5. The number of nitrogens with zero attached hydrogens (tertiary/aromatic N) is 5. The van der Waals surface area contributed by atoms with Gasteiger partial charge >= 0.3 is 0 Å². The topological polar surface area (TPSA) is 95.1 Å². The van der Waals surface area contributed by atoms with Crippen LogP contribution in [-0.4, -0.2) is 57.0 Å². The number of rotatable bonds is 3. The van der Waals surface area contributed by atoms with Crippen molar-refractivity contribution in [3.63, 3.8) is 0 Å². The quantitative estimate of drug-likeness (QED) is 0.860. The molecule has 1 atom stereocenters. The first-order valence-electron chi connectivity index (χ1n) is 10.3. The number of aromatic nitrogens is 4. The zero-order chi connectivity index (χ0) is 20.7. The number of amides is 2. The predicted octanol–water partition coefficient (Wildman–Crippen LogP) is 2.56. The van der Waals surface area contributed by atoms with Crippen LogP contribution < -0.4 is 4.90 Å². The second kappa shape index (κ2) is 7.57. The highest BCUT2D eigenvalue weighted by atomic mass is 16.2. The molecule has 1 N–H and O–H groups in total. The van der Waals surface area contributed by atoms with Crippen LogP contribution in [0, 0.1) is 6.92 Å². The lowest BCUT2D eigenvalue weighted by Crippen LogP contribution is -2.40. The lowest BCUT2D eigenvalue weighted by Gasteiger charge is -2.33. The van der Waals surface area contributed by atoms with Gasteiger partial charge in [0, 0.05) is 49.4 Å². The molecule has 8 heteroatoms. The number of aryl methyl sites for hydroxylation is 1. The average molecular weight is 396 g/mol. The fraction of sp³-hybridized carbons (Fsp3) is 0.571. The first-order valence-corrected chi connectivity index (χ1v) is 10.3. The minimum absolute atomic E-state index is 0.0557. The van der Waals surface area contributed by atoms with Gasteiger partial charge in [0.2, 0.25) is 5.91 Å². The molecule has 0 radical (unpaired) electrons. The number of H-pyrrole nitrogens is 1. The fourth-order valence-electron chi connectivity index (χ4n) is 4.15. The summed E-state index contributed by atoms with van der Waals surface area (Å²) in [6.45, 7) is 7.39. The Morgan fingerprint density at radius 1 is 1.28 bits per heavy atom. The normalized spacial score (nSPS) is 19.6. The molecule has 2 amide bonds. The molecule has 0 aliphatic carbocycles. The fourth-order valence-corrected chi connectivity index (χ4v) is 4.15. The number of fused-ring (bicyclic) bond motifs is 1. The molecular weight excluding hydrogens is 368 g/mol. The minimum Gasteiger partial charge on any atom is -0.337 e. The van der Waals surface area contributed by atoms with Crippen molar-refractivity contribution in [2.75, 3.05) is 25.0 Å². The molecule has 0 saturated carbocycles. The smallest absolute Gasteiger partial charge is 0.274 e. The maximum absolute atomic E-state index is 13.0. The van der Waals surface area contributed by atoms with Crippen molar-refractivity contribution < 1.29 is 9.59 Å². The van der Waals surface area contributed by atoms with Gasteiger partial charge < -0.3 is 4.90 Å². The summed E-state index contributed by atoms with van der Waals surface area (Å²) in [4.78, 5) is 38.1. The van der Waals surface area contributed by atoms with Gasteiger partial charge in [0.25, 0.3) is 5.91 Å². The zero-order valence-electron chi connectivity index (χ0n) is 17.5. The van der Waals surface area contributed by atoms with E-state index < -0.39 is 0 Å². The van der Waals surface area contributed by atoms with E-state index >= 15 is 0 Å². The Morgan fingerprint density at radius 3 is 2.79 bits per heavy atom. The van der Waals surface area contributed by atoms with E-state index in [1.807, 2.05) is 17.9 Å². The maximum Gasteiger partial charge on any atom is 0.274 e. The molecule has 4 rings (SSSR count). The van der Waals surface area contributed by atoms with E-state index in [0.717, 1.165) is 41.4 Å². The standard InChI is InChI=1S/C21H28N6O2/c1-12(2)16-10-17(25-24-16)21(29)27-9-5-6-14(11-27)19-22-13(3)15-7-8-18(28)26(4)20(15)23-19/h10,12,14H,5-9,11H2,1-4H3,(H,24,25)/t14-/m0/s1. The van der Waals surface area contributed by atoms with Crippen LogP contribution in [0.1, 0.15) is 78.2 Å².